The number of aromatic nitrogens is 5. The van der Waals surface area contributed by atoms with Crippen LogP contribution in [0.25, 0.3) is 27.7 Å². The van der Waals surface area contributed by atoms with Crippen molar-refractivity contribution in [1.82, 2.24) is 24.0 Å². The zero-order valence-corrected chi connectivity index (χ0v) is 18.8. The zero-order valence-electron chi connectivity index (χ0n) is 18.0. The van der Waals surface area contributed by atoms with Crippen LogP contribution in [0, 0.1) is 19.7 Å². The van der Waals surface area contributed by atoms with E-state index in [4.69, 9.17) is 0 Å². The second-order valence-corrected chi connectivity index (χ2v) is 10.9. The standard InChI is InChI=1S/C22H23FN6OS/c1-12-15(14-8-7-9-18-16(14)11-24-29(18)31(5,6)30)10-17(23)19-20(12)28-13(2)26-27-21(28)22(3,4)25-19/h7-11,25H,5H2,1-4,6H3. The molecule has 5 rings (SSSR count). The fourth-order valence-corrected chi connectivity index (χ4v) is 5.21. The van der Waals surface area contributed by atoms with E-state index in [1.807, 2.05) is 50.5 Å². The van der Waals surface area contributed by atoms with Gasteiger partial charge in [0.1, 0.15) is 11.6 Å². The van der Waals surface area contributed by atoms with Crippen molar-refractivity contribution in [1.29, 1.82) is 0 Å². The number of anilines is 1. The Hall–Kier alpha value is -3.20. The molecule has 0 radical (unpaired) electrons. The smallest absolute Gasteiger partial charge is 0.162 e. The van der Waals surface area contributed by atoms with Crippen LogP contribution in [-0.4, -0.2) is 40.3 Å². The van der Waals surface area contributed by atoms with Crippen molar-refractivity contribution in [2.24, 2.45) is 0 Å². The van der Waals surface area contributed by atoms with Gasteiger partial charge in [-0.15, -0.1) is 10.2 Å². The van der Waals surface area contributed by atoms with Crippen molar-refractivity contribution in [2.45, 2.75) is 33.2 Å². The molecule has 0 bridgehead atoms. The summed E-state index contributed by atoms with van der Waals surface area (Å²) in [6, 6.07) is 7.16. The van der Waals surface area contributed by atoms with Crippen molar-refractivity contribution >= 4 is 32.2 Å². The van der Waals surface area contributed by atoms with Gasteiger partial charge < -0.3 is 5.32 Å². The third kappa shape index (κ3) is 2.72. The maximum Gasteiger partial charge on any atom is 0.162 e. The zero-order chi connectivity index (χ0) is 22.3. The lowest BCUT2D eigenvalue weighted by Gasteiger charge is -2.35. The Morgan fingerprint density at radius 1 is 1.19 bits per heavy atom. The topological polar surface area (TPSA) is 77.6 Å². The molecule has 0 amide bonds. The van der Waals surface area contributed by atoms with Crippen LogP contribution in [0.1, 0.15) is 31.1 Å². The van der Waals surface area contributed by atoms with Crippen molar-refractivity contribution in [2.75, 3.05) is 11.6 Å². The van der Waals surface area contributed by atoms with E-state index < -0.39 is 15.2 Å². The Balaban J connectivity index is 1.84. The predicted molar refractivity (Wildman–Crippen MR) is 123 cm³/mol. The number of aryl methyl sites for hydroxylation is 1. The fourth-order valence-electron chi connectivity index (χ4n) is 4.39. The number of hydrogen-bond donors (Lipinski definition) is 1. The highest BCUT2D eigenvalue weighted by atomic mass is 32.2. The molecule has 31 heavy (non-hydrogen) atoms. The third-order valence-electron chi connectivity index (χ3n) is 5.79. The molecule has 1 aliphatic heterocycles. The van der Waals surface area contributed by atoms with Crippen LogP contribution in [0.5, 0.6) is 0 Å². The Bertz CT molecular complexity index is 1500. The number of halogens is 1. The number of nitrogens with zero attached hydrogens (tertiary/aromatic N) is 5. The minimum Gasteiger partial charge on any atom is -0.369 e. The molecule has 1 N–H and O–H groups in total. The van der Waals surface area contributed by atoms with Crippen molar-refractivity contribution in [3.05, 3.63) is 53.5 Å². The van der Waals surface area contributed by atoms with Gasteiger partial charge in [-0.05, 0) is 62.4 Å². The number of nitrogens with one attached hydrogen (secondary N) is 1. The van der Waals surface area contributed by atoms with Gasteiger partial charge in [0, 0.05) is 11.6 Å². The van der Waals surface area contributed by atoms with Gasteiger partial charge >= 0.3 is 0 Å². The second-order valence-electron chi connectivity index (χ2n) is 8.63. The largest absolute Gasteiger partial charge is 0.369 e. The van der Waals surface area contributed by atoms with Gasteiger partial charge in [-0.1, -0.05) is 12.1 Å². The first-order valence-corrected chi connectivity index (χ1v) is 11.9. The molecule has 1 unspecified atom stereocenters. The summed E-state index contributed by atoms with van der Waals surface area (Å²) in [7, 11) is -2.57. The van der Waals surface area contributed by atoms with E-state index in [0.29, 0.717) is 22.7 Å². The van der Waals surface area contributed by atoms with Gasteiger partial charge in [0.25, 0.3) is 0 Å². The molecule has 2 aromatic heterocycles. The molecule has 0 spiro atoms. The highest BCUT2D eigenvalue weighted by Gasteiger charge is 2.37. The minimum absolute atomic E-state index is 0.358. The molecule has 1 atom stereocenters. The fraction of sp³-hybridized carbons (Fsp3) is 0.273. The molecule has 7 nitrogen and oxygen atoms in total. The highest BCUT2D eigenvalue weighted by Crippen LogP contribution is 2.44. The Morgan fingerprint density at radius 2 is 1.94 bits per heavy atom. The van der Waals surface area contributed by atoms with E-state index >= 15 is 4.39 Å². The van der Waals surface area contributed by atoms with E-state index in [0.717, 1.165) is 27.9 Å². The van der Waals surface area contributed by atoms with E-state index in [-0.39, 0.29) is 5.82 Å². The molecule has 0 saturated heterocycles. The van der Waals surface area contributed by atoms with Crippen LogP contribution in [0.15, 0.2) is 30.5 Å². The first kappa shape index (κ1) is 19.7. The summed E-state index contributed by atoms with van der Waals surface area (Å²) in [4.78, 5) is 0. The van der Waals surface area contributed by atoms with Crippen molar-refractivity contribution < 1.29 is 8.60 Å². The Kier molecular flexibility index (Phi) is 3.93. The van der Waals surface area contributed by atoms with E-state index in [1.54, 1.807) is 18.5 Å². The maximum atomic E-state index is 15.5. The molecule has 9 heteroatoms. The van der Waals surface area contributed by atoms with Crippen LogP contribution in [0.2, 0.25) is 0 Å². The molecule has 1 aliphatic rings. The molecule has 4 aromatic rings. The van der Waals surface area contributed by atoms with Gasteiger partial charge in [-0.3, -0.25) is 4.57 Å². The first-order chi connectivity index (χ1) is 14.5. The SMILES string of the molecule is C=S(C)(=O)n1ncc2c(-c3cc(F)c4c(c3C)-n3c(C)nnc3C(C)(C)N4)cccc21. The van der Waals surface area contributed by atoms with Crippen molar-refractivity contribution in [3.8, 4) is 16.8 Å². The first-order valence-electron chi connectivity index (χ1n) is 9.85. The minimum atomic E-state index is -2.57. The van der Waals surface area contributed by atoms with E-state index in [2.05, 4.69) is 26.5 Å². The normalized spacial score (nSPS) is 16.5. The summed E-state index contributed by atoms with van der Waals surface area (Å²) in [6.45, 7) is 7.73. The number of hydrogen-bond acceptors (Lipinski definition) is 5. The van der Waals surface area contributed by atoms with Crippen LogP contribution in [0.3, 0.4) is 0 Å². The van der Waals surface area contributed by atoms with Crippen LogP contribution >= 0.6 is 0 Å². The van der Waals surface area contributed by atoms with Crippen molar-refractivity contribution in [3.63, 3.8) is 0 Å². The summed E-state index contributed by atoms with van der Waals surface area (Å²) in [5.41, 5.74) is 3.68. The van der Waals surface area contributed by atoms with Gasteiger partial charge in [-0.2, -0.15) is 9.19 Å². The summed E-state index contributed by atoms with van der Waals surface area (Å²) >= 11 is 0. The lowest BCUT2D eigenvalue weighted by molar-refractivity contribution is 0.521. The molecular formula is C22H23FN6OS. The molecule has 160 valence electrons. The molecular weight excluding hydrogens is 415 g/mol. The number of rotatable bonds is 2. The summed E-state index contributed by atoms with van der Waals surface area (Å²) in [5, 5.41) is 17.0. The van der Waals surface area contributed by atoms with Gasteiger partial charge in [-0.25, -0.2) is 8.60 Å². The van der Waals surface area contributed by atoms with Gasteiger partial charge in [0.15, 0.2) is 5.82 Å². The Morgan fingerprint density at radius 3 is 2.65 bits per heavy atom. The van der Waals surface area contributed by atoms with Crippen LogP contribution < -0.4 is 5.32 Å². The number of fused-ring (bicyclic) bond motifs is 4. The quantitative estimate of drug-likeness (QED) is 0.482. The average Bonchev–Trinajstić information content (AvgIpc) is 3.29. The lowest BCUT2D eigenvalue weighted by atomic mass is 9.92. The van der Waals surface area contributed by atoms with Crippen LogP contribution in [0.4, 0.5) is 10.1 Å². The van der Waals surface area contributed by atoms with E-state index in [1.165, 1.54) is 4.09 Å². The summed E-state index contributed by atoms with van der Waals surface area (Å²) < 4.78 is 31.4. The summed E-state index contributed by atoms with van der Waals surface area (Å²) in [5.74, 6) is 4.80. The summed E-state index contributed by atoms with van der Waals surface area (Å²) in [6.07, 6.45) is 3.20. The van der Waals surface area contributed by atoms with Gasteiger partial charge in [0.05, 0.1) is 38.3 Å². The maximum absolute atomic E-state index is 15.5. The van der Waals surface area contributed by atoms with E-state index in [9.17, 15) is 4.21 Å². The predicted octanol–water partition coefficient (Wildman–Crippen LogP) is 3.81. The average molecular weight is 439 g/mol. The number of benzene rings is 2. The van der Waals surface area contributed by atoms with Gasteiger partial charge in [0.2, 0.25) is 0 Å². The molecule has 2 aromatic carbocycles. The Labute approximate surface area is 180 Å². The third-order valence-corrected chi connectivity index (χ3v) is 6.81. The lowest BCUT2D eigenvalue weighted by Crippen LogP contribution is -2.37. The van der Waals surface area contributed by atoms with Crippen LogP contribution in [-0.2, 0) is 15.2 Å². The molecule has 0 aliphatic carbocycles. The second kappa shape index (κ2) is 6.16. The highest BCUT2D eigenvalue weighted by molar-refractivity contribution is 7.98. The molecule has 0 saturated carbocycles. The monoisotopic (exact) mass is 438 g/mol. The molecule has 0 fully saturated rings. The molecule has 3 heterocycles.